The molecule has 12 atom stereocenters. The summed E-state index contributed by atoms with van der Waals surface area (Å²) in [5.74, 6) is -0.279. The maximum Gasteiger partial charge on any atom is 0.220 e. The van der Waals surface area contributed by atoms with Gasteiger partial charge in [-0.05, 0) is 116 Å². The minimum Gasteiger partial charge on any atom is -0.394 e. The maximum absolute atomic E-state index is 13.2. The predicted octanol–water partition coefficient (Wildman–Crippen LogP) is 10.7. The van der Waals surface area contributed by atoms with Crippen molar-refractivity contribution in [2.75, 3.05) is 19.8 Å². The lowest BCUT2D eigenvalue weighted by Crippen LogP contribution is -2.65. The molecule has 2 rings (SSSR count). The molecule has 9 N–H and O–H groups in total. The molecule has 0 radical (unpaired) electrons. The van der Waals surface area contributed by atoms with Crippen LogP contribution in [0.3, 0.4) is 0 Å². The second kappa shape index (κ2) is 50.2. The van der Waals surface area contributed by atoms with E-state index in [0.29, 0.717) is 12.8 Å². The topological polar surface area (TPSA) is 228 Å². The van der Waals surface area contributed by atoms with Crippen molar-refractivity contribution in [1.29, 1.82) is 0 Å². The van der Waals surface area contributed by atoms with Crippen LogP contribution in [0.1, 0.15) is 162 Å². The van der Waals surface area contributed by atoms with Crippen molar-refractivity contribution in [1.82, 2.24) is 5.32 Å². The van der Waals surface area contributed by atoms with Crippen LogP contribution < -0.4 is 5.32 Å². The summed E-state index contributed by atoms with van der Waals surface area (Å²) < 4.78 is 22.7. The normalized spacial score (nSPS) is 25.3. The highest BCUT2D eigenvalue weighted by Gasteiger charge is 2.51. The van der Waals surface area contributed by atoms with Crippen LogP contribution in [0.4, 0.5) is 0 Å². The summed E-state index contributed by atoms with van der Waals surface area (Å²) in [4.78, 5) is 13.2. The van der Waals surface area contributed by atoms with Gasteiger partial charge in [0.2, 0.25) is 5.91 Å². The van der Waals surface area contributed by atoms with Gasteiger partial charge < -0.3 is 65.1 Å². The average Bonchev–Trinajstić information content (AvgIpc) is 3.51. The van der Waals surface area contributed by atoms with Gasteiger partial charge in [0.05, 0.1) is 32.0 Å². The molecule has 0 aliphatic carbocycles. The fourth-order valence-electron chi connectivity index (χ4n) is 8.65. The zero-order valence-corrected chi connectivity index (χ0v) is 48.9. The van der Waals surface area contributed by atoms with Gasteiger partial charge in [0.1, 0.15) is 48.8 Å². The molecule has 2 aliphatic heterocycles. The summed E-state index contributed by atoms with van der Waals surface area (Å²) >= 11 is 0. The second-order valence-corrected chi connectivity index (χ2v) is 20.3. The van der Waals surface area contributed by atoms with Crippen LogP contribution in [-0.4, -0.2) is 140 Å². The van der Waals surface area contributed by atoms with Gasteiger partial charge >= 0.3 is 0 Å². The summed E-state index contributed by atoms with van der Waals surface area (Å²) in [6.45, 7) is 2.47. The molecule has 2 aliphatic rings. The molecule has 12 unspecified atom stereocenters. The van der Waals surface area contributed by atoms with Crippen molar-refractivity contribution in [3.8, 4) is 0 Å². The zero-order chi connectivity index (χ0) is 58.8. The molecule has 81 heavy (non-hydrogen) atoms. The number of ether oxygens (including phenoxy) is 4. The summed E-state index contributed by atoms with van der Waals surface area (Å²) in [5, 5.41) is 86.8. The highest BCUT2D eigenvalue weighted by molar-refractivity contribution is 5.76. The summed E-state index contributed by atoms with van der Waals surface area (Å²) in [7, 11) is 0. The molecule has 14 nitrogen and oxygen atoms in total. The number of aliphatic hydroxyl groups is 8. The largest absolute Gasteiger partial charge is 0.394 e. The smallest absolute Gasteiger partial charge is 0.220 e. The van der Waals surface area contributed by atoms with Crippen molar-refractivity contribution >= 4 is 5.91 Å². The van der Waals surface area contributed by atoms with Gasteiger partial charge in [-0.25, -0.2) is 0 Å². The Hall–Kier alpha value is -4.39. The molecule has 0 bridgehead atoms. The number of unbranched alkanes of at least 4 members (excludes halogenated alkanes) is 8. The van der Waals surface area contributed by atoms with Crippen molar-refractivity contribution in [3.63, 3.8) is 0 Å². The number of carbonyl (C=O) groups excluding carboxylic acids is 1. The van der Waals surface area contributed by atoms with Crippen LogP contribution in [0.2, 0.25) is 0 Å². The van der Waals surface area contributed by atoms with Gasteiger partial charge in [0.25, 0.3) is 0 Å². The van der Waals surface area contributed by atoms with Crippen LogP contribution in [0.5, 0.6) is 0 Å². The van der Waals surface area contributed by atoms with Crippen LogP contribution in [0, 0.1) is 0 Å². The van der Waals surface area contributed by atoms with Crippen LogP contribution >= 0.6 is 0 Å². The van der Waals surface area contributed by atoms with E-state index in [1.54, 1.807) is 6.08 Å². The highest BCUT2D eigenvalue weighted by Crippen LogP contribution is 2.30. The minimum atomic E-state index is -1.80. The third-order valence-corrected chi connectivity index (χ3v) is 13.4. The van der Waals surface area contributed by atoms with Crippen molar-refractivity contribution < 1.29 is 64.6 Å². The van der Waals surface area contributed by atoms with E-state index in [0.717, 1.165) is 128 Å². The van der Waals surface area contributed by atoms with Gasteiger partial charge in [-0.1, -0.05) is 198 Å². The van der Waals surface area contributed by atoms with E-state index >= 15 is 0 Å². The van der Waals surface area contributed by atoms with E-state index < -0.39 is 86.8 Å². The van der Waals surface area contributed by atoms with E-state index in [2.05, 4.69) is 165 Å². The van der Waals surface area contributed by atoms with Crippen molar-refractivity contribution in [2.45, 2.75) is 235 Å². The van der Waals surface area contributed by atoms with Crippen LogP contribution in [0.15, 0.2) is 158 Å². The van der Waals surface area contributed by atoms with Crippen LogP contribution in [-0.2, 0) is 23.7 Å². The number of nitrogens with one attached hydrogen (secondary N) is 1. The maximum atomic E-state index is 13.2. The Morgan fingerprint density at radius 1 is 0.444 bits per heavy atom. The number of amides is 1. The Morgan fingerprint density at radius 2 is 0.827 bits per heavy atom. The fourth-order valence-corrected chi connectivity index (χ4v) is 8.65. The SMILES string of the molecule is CC/C=C\C/C=C\C/C=C\C/C=C\C/C=C\C/C=C\C/C=C\C/C=C\C/C=C\C/C=C\CCCCCCCCC(=O)NC(COC1OC(CO)C(OC2OC(CO)C(O)C(O)C2O)C(O)C1O)C(O)/C=C/CC/C=C/CC/C=C/CC. The summed E-state index contributed by atoms with van der Waals surface area (Å²) in [6, 6.07) is -0.956. The van der Waals surface area contributed by atoms with E-state index in [9.17, 15) is 45.6 Å². The highest BCUT2D eigenvalue weighted by atomic mass is 16.7. The zero-order valence-electron chi connectivity index (χ0n) is 48.9. The molecular formula is C67H105NO13. The molecule has 2 fully saturated rings. The van der Waals surface area contributed by atoms with Gasteiger partial charge in [0, 0.05) is 6.42 Å². The fraction of sp³-hybridized carbons (Fsp3) is 0.597. The number of hydrogen-bond donors (Lipinski definition) is 9. The lowest BCUT2D eigenvalue weighted by atomic mass is 9.97. The molecule has 2 heterocycles. The van der Waals surface area contributed by atoms with Crippen molar-refractivity contribution in [2.24, 2.45) is 0 Å². The number of allylic oxidation sites excluding steroid dienone is 25. The van der Waals surface area contributed by atoms with Gasteiger partial charge in [-0.15, -0.1) is 0 Å². The Kier molecular flexibility index (Phi) is 45.0. The third-order valence-electron chi connectivity index (χ3n) is 13.4. The first-order chi connectivity index (χ1) is 39.6. The van der Waals surface area contributed by atoms with Gasteiger partial charge in [0.15, 0.2) is 12.6 Å². The Labute approximate surface area is 486 Å². The molecular weight excluding hydrogens is 1030 g/mol. The Balaban J connectivity index is 1.66. The van der Waals surface area contributed by atoms with E-state index in [4.69, 9.17) is 18.9 Å². The first-order valence-electron chi connectivity index (χ1n) is 30.2. The van der Waals surface area contributed by atoms with E-state index in [-0.39, 0.29) is 18.9 Å². The number of aliphatic hydroxyl groups excluding tert-OH is 8. The lowest BCUT2D eigenvalue weighted by molar-refractivity contribution is -0.359. The molecule has 0 aromatic rings. The quantitative estimate of drug-likeness (QED) is 0.0205. The standard InChI is InChI=1S/C67H105NO13/c1-3-5-7-9-11-13-15-16-17-18-19-20-21-22-23-24-25-26-27-28-29-30-31-32-33-34-35-36-37-38-39-40-41-43-45-47-49-51-59(72)68-55(56(71)50-48-46-44-42-14-12-10-8-6-4-2)54-78-66-64(77)62(75)65(58(53-70)80-66)81-67-63(76)61(74)60(73)57(52-69)79-67/h5-8,11,13-14,16-17,19-20,22-23,25-26,28-29,31-32,34-35,37-38,42,48,50,55-58,60-67,69-71,73-77H,3-4,9-10,12,15,18,21,24,27,30,33,36,39-41,43-47,49,51-54H2,1-2H3,(H,68,72)/b7-5-,8-6+,13-11-,17-16-,20-19-,23-22-,26-25-,29-28-,32-31-,35-34-,38-37-,42-14+,50-48+. The summed E-state index contributed by atoms with van der Waals surface area (Å²) in [5.41, 5.74) is 0. The Morgan fingerprint density at radius 3 is 1.31 bits per heavy atom. The van der Waals surface area contributed by atoms with E-state index in [1.807, 2.05) is 6.08 Å². The molecule has 0 aromatic carbocycles. The molecule has 2 saturated heterocycles. The molecule has 0 saturated carbocycles. The number of rotatable bonds is 45. The molecule has 14 heteroatoms. The minimum absolute atomic E-state index is 0.241. The second-order valence-electron chi connectivity index (χ2n) is 20.3. The molecule has 0 aromatic heterocycles. The first kappa shape index (κ1) is 72.7. The molecule has 0 spiro atoms. The van der Waals surface area contributed by atoms with Crippen LogP contribution in [0.25, 0.3) is 0 Å². The Bertz CT molecular complexity index is 1960. The van der Waals surface area contributed by atoms with Gasteiger partial charge in [-0.3, -0.25) is 4.79 Å². The lowest BCUT2D eigenvalue weighted by Gasteiger charge is -2.46. The van der Waals surface area contributed by atoms with Crippen molar-refractivity contribution in [3.05, 3.63) is 158 Å². The van der Waals surface area contributed by atoms with Gasteiger partial charge in [-0.2, -0.15) is 0 Å². The monoisotopic (exact) mass is 1130 g/mol. The van der Waals surface area contributed by atoms with E-state index in [1.165, 1.54) is 0 Å². The predicted molar refractivity (Wildman–Crippen MR) is 327 cm³/mol. The number of hydrogen-bond acceptors (Lipinski definition) is 13. The average molecular weight is 1130 g/mol. The number of carbonyl (C=O) groups is 1. The summed E-state index contributed by atoms with van der Waals surface area (Å²) in [6.07, 6.45) is 60.3. The third kappa shape index (κ3) is 35.4. The molecule has 456 valence electrons. The first-order valence-corrected chi connectivity index (χ1v) is 30.2. The molecule has 1 amide bonds.